The van der Waals surface area contributed by atoms with Gasteiger partial charge in [0.1, 0.15) is 5.75 Å². The van der Waals surface area contributed by atoms with Crippen molar-refractivity contribution in [2.45, 2.75) is 6.54 Å². The highest BCUT2D eigenvalue weighted by Gasteiger charge is 2.28. The number of halogens is 1. The molecule has 0 bridgehead atoms. The monoisotopic (exact) mass is 388 g/mol. The molecule has 142 valence electrons. The normalized spacial score (nSPS) is 16.4. The number of hydrogen-bond acceptors (Lipinski definition) is 5. The lowest BCUT2D eigenvalue weighted by atomic mass is 10.1. The summed E-state index contributed by atoms with van der Waals surface area (Å²) in [4.78, 5) is 17.1. The maximum atomic E-state index is 12.9. The van der Waals surface area contributed by atoms with Gasteiger partial charge in [0.15, 0.2) is 11.5 Å². The van der Waals surface area contributed by atoms with E-state index in [0.29, 0.717) is 35.2 Å². The maximum Gasteiger partial charge on any atom is 0.257 e. The van der Waals surface area contributed by atoms with Crippen molar-refractivity contribution in [3.8, 4) is 17.2 Å². The maximum absolute atomic E-state index is 12.9. The van der Waals surface area contributed by atoms with Gasteiger partial charge in [0.05, 0.1) is 12.7 Å². The third-order valence-corrected chi connectivity index (χ3v) is 5.16. The van der Waals surface area contributed by atoms with Gasteiger partial charge in [0, 0.05) is 43.3 Å². The average molecular weight is 389 g/mol. The van der Waals surface area contributed by atoms with Crippen LogP contribution in [-0.2, 0) is 6.54 Å². The van der Waals surface area contributed by atoms with E-state index in [1.807, 2.05) is 35.2 Å². The van der Waals surface area contributed by atoms with Gasteiger partial charge in [-0.05, 0) is 30.3 Å². The second-order valence-electron chi connectivity index (χ2n) is 6.56. The zero-order valence-electron chi connectivity index (χ0n) is 15.1. The van der Waals surface area contributed by atoms with Crippen LogP contribution in [-0.4, -0.2) is 55.8 Å². The smallest absolute Gasteiger partial charge is 0.257 e. The summed E-state index contributed by atoms with van der Waals surface area (Å²) in [6, 6.07) is 11.1. The molecule has 1 fully saturated rings. The predicted octanol–water partition coefficient (Wildman–Crippen LogP) is 3.04. The molecular formula is C20H21ClN2O4. The van der Waals surface area contributed by atoms with Crippen molar-refractivity contribution < 1.29 is 19.0 Å². The molecule has 1 amide bonds. The third-order valence-electron chi connectivity index (χ3n) is 4.92. The standard InChI is InChI=1S/C20H21ClN2O4/c1-25-17-6-5-15(21)11-14(17)12-22-7-9-23(10-8-22)20(24)16-3-2-4-18-19(16)27-13-26-18/h2-6,11H,7-10,12-13H2,1H3. The molecule has 0 aliphatic carbocycles. The lowest BCUT2D eigenvalue weighted by Crippen LogP contribution is -2.48. The highest BCUT2D eigenvalue weighted by molar-refractivity contribution is 6.30. The van der Waals surface area contributed by atoms with Crippen LogP contribution in [0.5, 0.6) is 17.2 Å². The van der Waals surface area contributed by atoms with Crippen LogP contribution in [0.25, 0.3) is 0 Å². The number of amides is 1. The van der Waals surface area contributed by atoms with Crippen molar-refractivity contribution in [2.75, 3.05) is 40.1 Å². The first-order valence-corrected chi connectivity index (χ1v) is 9.26. The predicted molar refractivity (Wildman–Crippen MR) is 102 cm³/mol. The van der Waals surface area contributed by atoms with Crippen molar-refractivity contribution in [1.29, 1.82) is 0 Å². The minimum Gasteiger partial charge on any atom is -0.496 e. The molecule has 2 aromatic rings. The van der Waals surface area contributed by atoms with Crippen LogP contribution in [0.3, 0.4) is 0 Å². The van der Waals surface area contributed by atoms with Crippen LogP contribution in [0.1, 0.15) is 15.9 Å². The number of carbonyl (C=O) groups is 1. The number of carbonyl (C=O) groups excluding carboxylic acids is 1. The highest BCUT2D eigenvalue weighted by atomic mass is 35.5. The quantitative estimate of drug-likeness (QED) is 0.805. The Morgan fingerprint density at radius 2 is 1.96 bits per heavy atom. The first-order chi connectivity index (χ1) is 13.2. The Bertz CT molecular complexity index is 850. The van der Waals surface area contributed by atoms with Crippen LogP contribution in [0.2, 0.25) is 5.02 Å². The van der Waals surface area contributed by atoms with E-state index in [1.54, 1.807) is 13.2 Å². The van der Waals surface area contributed by atoms with Gasteiger partial charge in [-0.15, -0.1) is 0 Å². The van der Waals surface area contributed by atoms with E-state index in [4.69, 9.17) is 25.8 Å². The number of methoxy groups -OCH3 is 1. The Hall–Kier alpha value is -2.44. The number of para-hydroxylation sites is 1. The fourth-order valence-electron chi connectivity index (χ4n) is 3.49. The van der Waals surface area contributed by atoms with Gasteiger partial charge < -0.3 is 19.1 Å². The molecule has 0 aromatic heterocycles. The van der Waals surface area contributed by atoms with E-state index in [2.05, 4.69) is 4.90 Å². The summed E-state index contributed by atoms with van der Waals surface area (Å²) in [6.07, 6.45) is 0. The van der Waals surface area contributed by atoms with Gasteiger partial charge in [-0.3, -0.25) is 9.69 Å². The van der Waals surface area contributed by atoms with E-state index in [1.165, 1.54) is 0 Å². The lowest BCUT2D eigenvalue weighted by molar-refractivity contribution is 0.0623. The van der Waals surface area contributed by atoms with Crippen molar-refractivity contribution in [1.82, 2.24) is 9.80 Å². The average Bonchev–Trinajstić information content (AvgIpc) is 3.17. The molecule has 4 rings (SSSR count). The zero-order valence-corrected chi connectivity index (χ0v) is 15.9. The van der Waals surface area contributed by atoms with Crippen LogP contribution in [0.15, 0.2) is 36.4 Å². The molecule has 2 heterocycles. The zero-order chi connectivity index (χ0) is 18.8. The summed E-state index contributed by atoms with van der Waals surface area (Å²) >= 11 is 6.12. The third kappa shape index (κ3) is 3.68. The number of fused-ring (bicyclic) bond motifs is 1. The second-order valence-corrected chi connectivity index (χ2v) is 7.00. The van der Waals surface area contributed by atoms with Gasteiger partial charge in [-0.1, -0.05) is 17.7 Å². The first-order valence-electron chi connectivity index (χ1n) is 8.88. The SMILES string of the molecule is COc1ccc(Cl)cc1CN1CCN(C(=O)c2cccc3c2OCO3)CC1. The molecule has 0 N–H and O–H groups in total. The Morgan fingerprint density at radius 3 is 2.74 bits per heavy atom. The second kappa shape index (κ2) is 7.66. The number of piperazine rings is 1. The summed E-state index contributed by atoms with van der Waals surface area (Å²) in [5.74, 6) is 1.99. The van der Waals surface area contributed by atoms with Crippen molar-refractivity contribution in [2.24, 2.45) is 0 Å². The Labute approximate surface area is 163 Å². The number of ether oxygens (including phenoxy) is 3. The van der Waals surface area contributed by atoms with Gasteiger partial charge in [-0.2, -0.15) is 0 Å². The van der Waals surface area contributed by atoms with Crippen molar-refractivity contribution in [3.63, 3.8) is 0 Å². The first kappa shape index (κ1) is 17.9. The van der Waals surface area contributed by atoms with Gasteiger partial charge in [-0.25, -0.2) is 0 Å². The van der Waals surface area contributed by atoms with Gasteiger partial charge in [0.25, 0.3) is 5.91 Å². The van der Waals surface area contributed by atoms with Crippen molar-refractivity contribution >= 4 is 17.5 Å². The Balaban J connectivity index is 1.40. The Morgan fingerprint density at radius 1 is 1.15 bits per heavy atom. The topological polar surface area (TPSA) is 51.2 Å². The summed E-state index contributed by atoms with van der Waals surface area (Å²) in [6.45, 7) is 3.79. The molecule has 27 heavy (non-hydrogen) atoms. The summed E-state index contributed by atoms with van der Waals surface area (Å²) in [5.41, 5.74) is 1.62. The van der Waals surface area contributed by atoms with Crippen LogP contribution in [0.4, 0.5) is 0 Å². The number of nitrogens with zero attached hydrogens (tertiary/aromatic N) is 2. The van der Waals surface area contributed by atoms with Gasteiger partial charge in [0.2, 0.25) is 6.79 Å². The van der Waals surface area contributed by atoms with Crippen LogP contribution in [0, 0.1) is 0 Å². The summed E-state index contributed by atoms with van der Waals surface area (Å²) in [5, 5.41) is 0.694. The fourth-order valence-corrected chi connectivity index (χ4v) is 3.68. The summed E-state index contributed by atoms with van der Waals surface area (Å²) < 4.78 is 16.3. The number of benzene rings is 2. The molecule has 2 aliphatic rings. The van der Waals surface area contributed by atoms with Crippen LogP contribution < -0.4 is 14.2 Å². The molecule has 6 nitrogen and oxygen atoms in total. The van der Waals surface area contributed by atoms with Gasteiger partial charge >= 0.3 is 0 Å². The largest absolute Gasteiger partial charge is 0.496 e. The van der Waals surface area contributed by atoms with E-state index in [-0.39, 0.29) is 12.7 Å². The van der Waals surface area contributed by atoms with E-state index >= 15 is 0 Å². The molecule has 1 saturated heterocycles. The Kier molecular flexibility index (Phi) is 5.09. The minimum atomic E-state index is -0.0164. The molecular weight excluding hydrogens is 368 g/mol. The van der Waals surface area contributed by atoms with E-state index in [0.717, 1.165) is 30.9 Å². The molecule has 7 heteroatoms. The molecule has 0 spiro atoms. The highest BCUT2D eigenvalue weighted by Crippen LogP contribution is 2.36. The lowest BCUT2D eigenvalue weighted by Gasteiger charge is -2.35. The molecule has 2 aromatic carbocycles. The van der Waals surface area contributed by atoms with Crippen LogP contribution >= 0.6 is 11.6 Å². The molecule has 0 unspecified atom stereocenters. The molecule has 2 aliphatic heterocycles. The van der Waals surface area contributed by atoms with E-state index in [9.17, 15) is 4.79 Å². The minimum absolute atomic E-state index is 0.0164. The molecule has 0 saturated carbocycles. The number of hydrogen-bond donors (Lipinski definition) is 0. The van der Waals surface area contributed by atoms with Crippen molar-refractivity contribution in [3.05, 3.63) is 52.5 Å². The fraction of sp³-hybridized carbons (Fsp3) is 0.350. The van der Waals surface area contributed by atoms with E-state index < -0.39 is 0 Å². The molecule has 0 radical (unpaired) electrons. The number of rotatable bonds is 4. The molecule has 0 atom stereocenters. The summed E-state index contributed by atoms with van der Waals surface area (Å²) in [7, 11) is 1.66.